The minimum Gasteiger partial charge on any atom is -0.481 e. The number of aliphatic carboxylic acids is 1. The molecule has 19 heavy (non-hydrogen) atoms. The van der Waals surface area contributed by atoms with Gasteiger partial charge in [-0.05, 0) is 31.0 Å². The highest BCUT2D eigenvalue weighted by atomic mass is 19.4. The number of anilines is 1. The van der Waals surface area contributed by atoms with E-state index in [0.717, 1.165) is 6.07 Å². The molecule has 0 heterocycles. The molecule has 7 heteroatoms. The summed E-state index contributed by atoms with van der Waals surface area (Å²) in [4.78, 5) is 10.8. The van der Waals surface area contributed by atoms with Crippen LogP contribution in [0.25, 0.3) is 0 Å². The zero-order chi connectivity index (χ0) is 14.2. The van der Waals surface area contributed by atoms with Crippen molar-refractivity contribution in [3.63, 3.8) is 0 Å². The van der Waals surface area contributed by atoms with Crippen molar-refractivity contribution < 1.29 is 27.5 Å². The summed E-state index contributed by atoms with van der Waals surface area (Å²) in [5.41, 5.74) is -1.28. The third-order valence-corrected chi connectivity index (χ3v) is 3.23. The van der Waals surface area contributed by atoms with Gasteiger partial charge in [0, 0.05) is 6.04 Å². The maximum Gasteiger partial charge on any atom is 0.416 e. The third-order valence-electron chi connectivity index (χ3n) is 3.23. The topological polar surface area (TPSA) is 49.3 Å². The quantitative estimate of drug-likeness (QED) is 0.834. The lowest BCUT2D eigenvalue weighted by Gasteiger charge is -2.34. The first-order chi connectivity index (χ1) is 8.79. The zero-order valence-corrected chi connectivity index (χ0v) is 9.67. The van der Waals surface area contributed by atoms with Crippen molar-refractivity contribution in [3.05, 3.63) is 29.6 Å². The predicted octanol–water partition coefficient (Wildman–Crippen LogP) is 3.12. The van der Waals surface area contributed by atoms with Crippen LogP contribution in [0.1, 0.15) is 18.4 Å². The van der Waals surface area contributed by atoms with Gasteiger partial charge in [0.2, 0.25) is 0 Å². The van der Waals surface area contributed by atoms with Crippen LogP contribution in [-0.2, 0) is 11.0 Å². The molecule has 1 aromatic rings. The standard InChI is InChI=1S/C12H11F4NO2/c13-8-3-1-6(12(14,15)16)5-10(8)17-9-4-2-7(9)11(18)19/h1,3,5,7,9,17H,2,4H2,(H,18,19). The van der Waals surface area contributed by atoms with Crippen LogP contribution in [0.4, 0.5) is 23.2 Å². The average Bonchev–Trinajstić information content (AvgIpc) is 2.23. The molecular weight excluding hydrogens is 266 g/mol. The van der Waals surface area contributed by atoms with Crippen LogP contribution < -0.4 is 5.32 Å². The van der Waals surface area contributed by atoms with Crippen LogP contribution in [0.3, 0.4) is 0 Å². The lowest BCUT2D eigenvalue weighted by atomic mass is 9.79. The molecule has 1 aliphatic carbocycles. The smallest absolute Gasteiger partial charge is 0.416 e. The van der Waals surface area contributed by atoms with E-state index in [2.05, 4.69) is 5.32 Å². The molecule has 2 rings (SSSR count). The minimum atomic E-state index is -4.56. The first kappa shape index (κ1) is 13.6. The van der Waals surface area contributed by atoms with Gasteiger partial charge in [0.1, 0.15) is 5.82 Å². The van der Waals surface area contributed by atoms with Crippen LogP contribution in [0.5, 0.6) is 0 Å². The van der Waals surface area contributed by atoms with Crippen molar-refractivity contribution >= 4 is 11.7 Å². The van der Waals surface area contributed by atoms with Crippen LogP contribution in [0.15, 0.2) is 18.2 Å². The number of nitrogens with one attached hydrogen (secondary N) is 1. The highest BCUT2D eigenvalue weighted by Crippen LogP contribution is 2.35. The summed E-state index contributed by atoms with van der Waals surface area (Å²) in [7, 11) is 0. The minimum absolute atomic E-state index is 0.314. The number of hydrogen-bond donors (Lipinski definition) is 2. The molecule has 1 saturated carbocycles. The highest BCUT2D eigenvalue weighted by Gasteiger charge is 2.37. The van der Waals surface area contributed by atoms with Crippen LogP contribution in [-0.4, -0.2) is 17.1 Å². The van der Waals surface area contributed by atoms with Crippen LogP contribution >= 0.6 is 0 Å². The molecule has 1 fully saturated rings. The summed E-state index contributed by atoms with van der Waals surface area (Å²) in [6.45, 7) is 0. The Bertz CT molecular complexity index is 501. The number of benzene rings is 1. The first-order valence-electron chi connectivity index (χ1n) is 5.65. The molecule has 2 atom stereocenters. The molecular formula is C12H11F4NO2. The van der Waals surface area contributed by atoms with Crippen molar-refractivity contribution in [1.29, 1.82) is 0 Å². The molecule has 0 aromatic heterocycles. The summed E-state index contributed by atoms with van der Waals surface area (Å²) in [5, 5.41) is 11.4. The van der Waals surface area contributed by atoms with E-state index in [9.17, 15) is 22.4 Å². The number of carboxylic acid groups (broad SMARTS) is 1. The summed E-state index contributed by atoms with van der Waals surface area (Å²) in [6, 6.07) is 1.50. The van der Waals surface area contributed by atoms with Crippen molar-refractivity contribution in [2.24, 2.45) is 5.92 Å². The Kier molecular flexibility index (Phi) is 3.38. The van der Waals surface area contributed by atoms with Gasteiger partial charge >= 0.3 is 12.1 Å². The van der Waals surface area contributed by atoms with E-state index >= 15 is 0 Å². The second-order valence-corrected chi connectivity index (χ2v) is 4.47. The Labute approximate surface area is 106 Å². The van der Waals surface area contributed by atoms with Gasteiger partial charge in [0.25, 0.3) is 0 Å². The Balaban J connectivity index is 2.18. The fraction of sp³-hybridized carbons (Fsp3) is 0.417. The number of hydrogen-bond acceptors (Lipinski definition) is 2. The lowest BCUT2D eigenvalue weighted by molar-refractivity contribution is -0.145. The molecule has 0 spiro atoms. The number of carboxylic acids is 1. The molecule has 0 bridgehead atoms. The molecule has 1 aliphatic rings. The Morgan fingerprint density at radius 1 is 1.32 bits per heavy atom. The summed E-state index contributed by atoms with van der Waals surface area (Å²) < 4.78 is 50.9. The van der Waals surface area contributed by atoms with E-state index in [-0.39, 0.29) is 5.69 Å². The number of rotatable bonds is 3. The van der Waals surface area contributed by atoms with Crippen LogP contribution in [0.2, 0.25) is 0 Å². The molecule has 104 valence electrons. The van der Waals surface area contributed by atoms with E-state index in [1.54, 1.807) is 0 Å². The maximum atomic E-state index is 13.4. The number of carbonyl (C=O) groups is 1. The van der Waals surface area contributed by atoms with Gasteiger partial charge in [0.05, 0.1) is 17.2 Å². The van der Waals surface area contributed by atoms with E-state index < -0.39 is 35.5 Å². The summed E-state index contributed by atoms with van der Waals surface area (Å²) in [6.07, 6.45) is -3.63. The third kappa shape index (κ3) is 2.80. The monoisotopic (exact) mass is 277 g/mol. The van der Waals surface area contributed by atoms with E-state index in [0.29, 0.717) is 25.0 Å². The van der Waals surface area contributed by atoms with Crippen molar-refractivity contribution in [1.82, 2.24) is 0 Å². The van der Waals surface area contributed by atoms with Gasteiger partial charge in [-0.3, -0.25) is 4.79 Å². The van der Waals surface area contributed by atoms with Gasteiger partial charge in [-0.15, -0.1) is 0 Å². The van der Waals surface area contributed by atoms with Crippen molar-refractivity contribution in [3.8, 4) is 0 Å². The van der Waals surface area contributed by atoms with Crippen LogP contribution in [0, 0.1) is 11.7 Å². The van der Waals surface area contributed by atoms with Crippen molar-refractivity contribution in [2.45, 2.75) is 25.1 Å². The molecule has 3 nitrogen and oxygen atoms in total. The zero-order valence-electron chi connectivity index (χ0n) is 9.67. The van der Waals surface area contributed by atoms with E-state index in [4.69, 9.17) is 5.11 Å². The molecule has 2 N–H and O–H groups in total. The predicted molar refractivity (Wildman–Crippen MR) is 59.2 cm³/mol. The number of halogens is 4. The Hall–Kier alpha value is -1.79. The fourth-order valence-electron chi connectivity index (χ4n) is 1.98. The van der Waals surface area contributed by atoms with Gasteiger partial charge < -0.3 is 10.4 Å². The summed E-state index contributed by atoms with van der Waals surface area (Å²) in [5.74, 6) is -2.55. The maximum absolute atomic E-state index is 13.4. The second kappa shape index (κ2) is 4.71. The van der Waals surface area contributed by atoms with Gasteiger partial charge in [0.15, 0.2) is 0 Å². The molecule has 0 saturated heterocycles. The molecule has 0 amide bonds. The van der Waals surface area contributed by atoms with E-state index in [1.165, 1.54) is 0 Å². The molecule has 0 radical (unpaired) electrons. The second-order valence-electron chi connectivity index (χ2n) is 4.47. The average molecular weight is 277 g/mol. The summed E-state index contributed by atoms with van der Waals surface area (Å²) >= 11 is 0. The molecule has 1 aromatic carbocycles. The fourth-order valence-corrected chi connectivity index (χ4v) is 1.98. The first-order valence-corrected chi connectivity index (χ1v) is 5.65. The Morgan fingerprint density at radius 3 is 2.47 bits per heavy atom. The SMILES string of the molecule is O=C(O)C1CCC1Nc1cc(C(F)(F)F)ccc1F. The van der Waals surface area contributed by atoms with Gasteiger partial charge in [-0.2, -0.15) is 13.2 Å². The molecule has 0 aliphatic heterocycles. The van der Waals surface area contributed by atoms with Crippen molar-refractivity contribution in [2.75, 3.05) is 5.32 Å². The van der Waals surface area contributed by atoms with E-state index in [1.807, 2.05) is 0 Å². The molecule has 2 unspecified atom stereocenters. The number of alkyl halides is 3. The Morgan fingerprint density at radius 2 is 2.00 bits per heavy atom. The largest absolute Gasteiger partial charge is 0.481 e. The normalized spacial score (nSPS) is 22.7. The lowest BCUT2D eigenvalue weighted by Crippen LogP contribution is -2.43. The van der Waals surface area contributed by atoms with Gasteiger partial charge in [-0.1, -0.05) is 0 Å². The highest BCUT2D eigenvalue weighted by molar-refractivity contribution is 5.73. The van der Waals surface area contributed by atoms with Gasteiger partial charge in [-0.25, -0.2) is 4.39 Å².